The maximum Gasteiger partial charge on any atom is 0.348 e. The topological polar surface area (TPSA) is 109 Å². The van der Waals surface area contributed by atoms with Gasteiger partial charge in [-0.2, -0.15) is 10.5 Å². The Kier molecular flexibility index (Phi) is 10.8. The van der Waals surface area contributed by atoms with Crippen molar-refractivity contribution in [1.29, 1.82) is 10.5 Å². The first-order valence-electron chi connectivity index (χ1n) is 11.4. The molecule has 0 unspecified atom stereocenters. The van der Waals surface area contributed by atoms with Gasteiger partial charge in [-0.15, -0.1) is 11.3 Å². The molecule has 0 N–H and O–H groups in total. The molecule has 0 saturated heterocycles. The Balaban J connectivity index is 1.86. The Morgan fingerprint density at radius 3 is 2.54 bits per heavy atom. The Bertz CT molecular complexity index is 1550. The lowest BCUT2D eigenvalue weighted by Gasteiger charge is -2.14. The molecule has 3 rings (SSSR count). The van der Waals surface area contributed by atoms with Crippen LogP contribution in [0, 0.1) is 33.2 Å². The van der Waals surface area contributed by atoms with E-state index in [1.807, 2.05) is 6.07 Å². The SMILES string of the molecule is CCOC(=O)c1sc(CC(=O)C(C#N)=Cc2cc(I)c(OCc3ccc(Cl)cc3Cl)c(OC)c2)c(C#N)c1C. The molecule has 3 aromatic rings. The van der Waals surface area contributed by atoms with Gasteiger partial charge in [-0.1, -0.05) is 29.3 Å². The van der Waals surface area contributed by atoms with Gasteiger partial charge in [-0.3, -0.25) is 4.79 Å². The third-order valence-electron chi connectivity index (χ3n) is 5.48. The van der Waals surface area contributed by atoms with Crippen LogP contribution in [0.25, 0.3) is 6.08 Å². The van der Waals surface area contributed by atoms with Crippen molar-refractivity contribution in [1.82, 2.24) is 0 Å². The number of halogens is 3. The van der Waals surface area contributed by atoms with Gasteiger partial charge < -0.3 is 14.2 Å². The molecule has 0 atom stereocenters. The van der Waals surface area contributed by atoms with Crippen molar-refractivity contribution in [3.63, 3.8) is 0 Å². The van der Waals surface area contributed by atoms with Crippen molar-refractivity contribution in [2.45, 2.75) is 26.9 Å². The van der Waals surface area contributed by atoms with Crippen LogP contribution in [0.1, 0.15) is 43.7 Å². The number of nitrogens with zero attached hydrogens (tertiary/aromatic N) is 2. The number of benzene rings is 2. The molecule has 0 aliphatic heterocycles. The van der Waals surface area contributed by atoms with Crippen LogP contribution in [-0.2, 0) is 22.6 Å². The Morgan fingerprint density at radius 2 is 1.92 bits per heavy atom. The number of methoxy groups -OCH3 is 1. The van der Waals surface area contributed by atoms with Crippen molar-refractivity contribution >= 4 is 75.0 Å². The van der Waals surface area contributed by atoms with Crippen LogP contribution in [0.3, 0.4) is 0 Å². The second-order valence-corrected chi connectivity index (χ2v) is 11.1. The first-order valence-corrected chi connectivity index (χ1v) is 14.1. The lowest BCUT2D eigenvalue weighted by atomic mass is 10.0. The van der Waals surface area contributed by atoms with Gasteiger partial charge in [0.1, 0.15) is 23.6 Å². The average molecular weight is 695 g/mol. The minimum Gasteiger partial charge on any atom is -0.493 e. The highest BCUT2D eigenvalue weighted by atomic mass is 127. The Hall–Kier alpha value is -3.09. The van der Waals surface area contributed by atoms with E-state index in [9.17, 15) is 20.1 Å². The summed E-state index contributed by atoms with van der Waals surface area (Å²) in [6.07, 6.45) is 1.25. The Labute approximate surface area is 253 Å². The molecule has 1 heterocycles. The van der Waals surface area contributed by atoms with Gasteiger partial charge in [0.15, 0.2) is 17.3 Å². The van der Waals surface area contributed by atoms with E-state index in [0.717, 1.165) is 16.9 Å². The third kappa shape index (κ3) is 7.31. The predicted molar refractivity (Wildman–Crippen MR) is 159 cm³/mol. The fourth-order valence-electron chi connectivity index (χ4n) is 3.57. The summed E-state index contributed by atoms with van der Waals surface area (Å²) in [5.74, 6) is -0.154. The van der Waals surface area contributed by atoms with Crippen molar-refractivity contribution in [2.75, 3.05) is 13.7 Å². The van der Waals surface area contributed by atoms with Crippen LogP contribution >= 0.6 is 57.1 Å². The summed E-state index contributed by atoms with van der Waals surface area (Å²) in [6.45, 7) is 3.68. The molecule has 0 amide bonds. The number of rotatable bonds is 10. The van der Waals surface area contributed by atoms with Crippen LogP contribution in [-0.4, -0.2) is 25.5 Å². The molecule has 1 aromatic heterocycles. The summed E-state index contributed by atoms with van der Waals surface area (Å²) < 4.78 is 17.2. The number of thiophene rings is 1. The largest absolute Gasteiger partial charge is 0.493 e. The number of hydrogen-bond acceptors (Lipinski definition) is 8. The molecule has 0 spiro atoms. The fraction of sp³-hybridized carbons (Fsp3) is 0.214. The lowest BCUT2D eigenvalue weighted by Crippen LogP contribution is -2.05. The van der Waals surface area contributed by atoms with E-state index < -0.39 is 11.8 Å². The van der Waals surface area contributed by atoms with Crippen LogP contribution in [0.2, 0.25) is 10.0 Å². The zero-order valence-corrected chi connectivity index (χ0v) is 25.5. The maximum atomic E-state index is 13.1. The van der Waals surface area contributed by atoms with Crippen LogP contribution in [0.15, 0.2) is 35.9 Å². The van der Waals surface area contributed by atoms with E-state index in [0.29, 0.717) is 41.1 Å². The highest BCUT2D eigenvalue weighted by Gasteiger charge is 2.23. The second-order valence-electron chi connectivity index (χ2n) is 8.01. The smallest absolute Gasteiger partial charge is 0.348 e. The third-order valence-corrected chi connectivity index (χ3v) is 8.14. The molecule has 200 valence electrons. The highest BCUT2D eigenvalue weighted by Crippen LogP contribution is 2.36. The standard InChI is InChI=1S/C28H21Cl2IN2O5S/c1-4-37-28(35)27-15(2)20(13-33)25(39-27)11-23(34)18(12-32)7-16-8-22(31)26(24(9-16)36-3)38-14-17-5-6-19(29)10-21(17)30/h5-10H,4,11,14H2,1-3H3. The number of carbonyl (C=O) groups excluding carboxylic acids is 2. The van der Waals surface area contributed by atoms with Crippen LogP contribution in [0.5, 0.6) is 11.5 Å². The van der Waals surface area contributed by atoms with Crippen molar-refractivity contribution in [2.24, 2.45) is 0 Å². The normalized spacial score (nSPS) is 10.9. The molecule has 7 nitrogen and oxygen atoms in total. The first kappa shape index (κ1) is 30.5. The number of esters is 1. The average Bonchev–Trinajstić information content (AvgIpc) is 3.21. The molecule has 0 aliphatic carbocycles. The van der Waals surface area contributed by atoms with Crippen LogP contribution < -0.4 is 9.47 Å². The van der Waals surface area contributed by atoms with E-state index in [4.69, 9.17) is 37.4 Å². The van der Waals surface area contributed by atoms with Gasteiger partial charge in [-0.25, -0.2) is 4.79 Å². The predicted octanol–water partition coefficient (Wildman–Crippen LogP) is 7.32. The summed E-state index contributed by atoms with van der Waals surface area (Å²) in [6, 6.07) is 12.5. The van der Waals surface area contributed by atoms with Gasteiger partial charge in [0.25, 0.3) is 0 Å². The number of nitriles is 2. The van der Waals surface area contributed by atoms with Gasteiger partial charge >= 0.3 is 5.97 Å². The highest BCUT2D eigenvalue weighted by molar-refractivity contribution is 14.1. The van der Waals surface area contributed by atoms with Gasteiger partial charge in [0.05, 0.1) is 28.4 Å². The minimum atomic E-state index is -0.548. The van der Waals surface area contributed by atoms with Gasteiger partial charge in [0.2, 0.25) is 0 Å². The van der Waals surface area contributed by atoms with E-state index in [2.05, 4.69) is 28.7 Å². The summed E-state index contributed by atoms with van der Waals surface area (Å²) in [7, 11) is 1.49. The van der Waals surface area contributed by atoms with Crippen molar-refractivity contribution in [3.05, 3.63) is 81.5 Å². The molecule has 0 bridgehead atoms. The molecule has 0 aliphatic rings. The summed E-state index contributed by atoms with van der Waals surface area (Å²) in [4.78, 5) is 26.0. The summed E-state index contributed by atoms with van der Waals surface area (Å²) >= 11 is 15.3. The number of carbonyl (C=O) groups is 2. The molecule has 2 aromatic carbocycles. The summed E-state index contributed by atoms with van der Waals surface area (Å²) in [5, 5.41) is 20.3. The summed E-state index contributed by atoms with van der Waals surface area (Å²) in [5.41, 5.74) is 1.88. The zero-order valence-electron chi connectivity index (χ0n) is 21.1. The van der Waals surface area contributed by atoms with Gasteiger partial charge in [0, 0.05) is 26.9 Å². The number of hydrogen-bond donors (Lipinski definition) is 0. The van der Waals surface area contributed by atoms with Crippen molar-refractivity contribution < 1.29 is 23.8 Å². The minimum absolute atomic E-state index is 0.109. The molecule has 11 heteroatoms. The molecule has 0 radical (unpaired) electrons. The second kappa shape index (κ2) is 13.8. The molecule has 0 fully saturated rings. The Morgan fingerprint density at radius 1 is 1.18 bits per heavy atom. The first-order chi connectivity index (χ1) is 18.6. The van der Waals surface area contributed by atoms with Gasteiger partial charge in [-0.05, 0) is 77.9 Å². The fourth-order valence-corrected chi connectivity index (χ4v) is 5.96. The molecular weight excluding hydrogens is 674 g/mol. The van der Waals surface area contributed by atoms with E-state index in [-0.39, 0.29) is 35.6 Å². The monoisotopic (exact) mass is 694 g/mol. The molecule has 39 heavy (non-hydrogen) atoms. The van der Waals surface area contributed by atoms with E-state index in [1.165, 1.54) is 13.2 Å². The molecule has 0 saturated carbocycles. The van der Waals surface area contributed by atoms with E-state index in [1.54, 1.807) is 44.2 Å². The molecular formula is C28H21Cl2IN2O5S. The number of ketones is 1. The van der Waals surface area contributed by atoms with Crippen LogP contribution in [0.4, 0.5) is 0 Å². The quantitative estimate of drug-likeness (QED) is 0.0947. The van der Waals surface area contributed by atoms with Crippen molar-refractivity contribution in [3.8, 4) is 23.6 Å². The number of allylic oxidation sites excluding steroid dienone is 1. The van der Waals surface area contributed by atoms with E-state index >= 15 is 0 Å². The lowest BCUT2D eigenvalue weighted by molar-refractivity contribution is -0.114. The number of ether oxygens (including phenoxy) is 3. The number of Topliss-reactive ketones (excluding diaryl/α,β-unsaturated/α-hetero) is 1. The zero-order chi connectivity index (χ0) is 28.7. The maximum absolute atomic E-state index is 13.1.